The third-order valence-corrected chi connectivity index (χ3v) is 6.32. The van der Waals surface area contributed by atoms with E-state index in [4.69, 9.17) is 0 Å². The monoisotopic (exact) mass is 686 g/mol. The van der Waals surface area contributed by atoms with Gasteiger partial charge in [0.1, 0.15) is 63.4 Å². The maximum Gasteiger partial charge on any atom is 0.432 e. The van der Waals surface area contributed by atoms with E-state index < -0.39 is 98.0 Å². The van der Waals surface area contributed by atoms with Crippen LogP contribution < -0.4 is 4.74 Å². The van der Waals surface area contributed by atoms with Crippen molar-refractivity contribution in [1.29, 1.82) is 0 Å². The van der Waals surface area contributed by atoms with Crippen molar-refractivity contribution in [2.75, 3.05) is 0 Å². The van der Waals surface area contributed by atoms with E-state index in [2.05, 4.69) is 11.3 Å². The van der Waals surface area contributed by atoms with Gasteiger partial charge in [-0.05, 0) is 54.8 Å². The number of aryl methyl sites for hydroxylation is 1. The molecule has 0 amide bonds. The van der Waals surface area contributed by atoms with Gasteiger partial charge in [0.15, 0.2) is 0 Å². The highest BCUT2D eigenvalue weighted by Crippen LogP contribution is 2.37. The molecule has 0 atom stereocenters. The lowest BCUT2D eigenvalue weighted by molar-refractivity contribution is -0.189. The summed E-state index contributed by atoms with van der Waals surface area (Å²) in [4.78, 5) is 0. The highest BCUT2D eigenvalue weighted by Gasteiger charge is 2.41. The number of allylic oxidation sites excluding steroid dienone is 1. The van der Waals surface area contributed by atoms with Crippen molar-refractivity contribution in [3.63, 3.8) is 0 Å². The zero-order valence-electron chi connectivity index (χ0n) is 23.6. The van der Waals surface area contributed by atoms with E-state index in [9.17, 15) is 57.1 Å². The van der Waals surface area contributed by atoms with Gasteiger partial charge in [-0.15, -0.1) is 6.58 Å². The lowest BCUT2D eigenvalue weighted by atomic mass is 10.1. The average molecular weight is 686 g/mol. The summed E-state index contributed by atoms with van der Waals surface area (Å²) in [6.45, 7) is 3.43. The molecule has 0 aliphatic rings. The quantitative estimate of drug-likeness (QED) is 0.112. The van der Waals surface area contributed by atoms with Gasteiger partial charge in [-0.2, -0.15) is 22.0 Å². The van der Waals surface area contributed by atoms with Crippen LogP contribution in [0.5, 0.6) is 5.75 Å². The smallest absolute Gasteiger partial charge is 0.429 e. The van der Waals surface area contributed by atoms with Gasteiger partial charge >= 0.3 is 12.3 Å². The lowest BCUT2D eigenvalue weighted by Crippen LogP contribution is -2.25. The fourth-order valence-electron chi connectivity index (χ4n) is 4.19. The SMILES string of the molecule is C=CCCc1cc(F)c(C(F)(F)Oc2cc(F)c(C#Cc3cc(F)c(C#Cc4cc(F)c(C(F)(F)F)c(F)c4)c(F)c3)c(F)c2)c(F)c1. The van der Waals surface area contributed by atoms with Crippen molar-refractivity contribution in [2.45, 2.75) is 25.1 Å². The predicted octanol–water partition coefficient (Wildman–Crippen LogP) is 9.86. The number of hydrogen-bond donors (Lipinski definition) is 0. The number of rotatable bonds is 6. The Balaban J connectivity index is 1.57. The van der Waals surface area contributed by atoms with Crippen LogP contribution in [0, 0.1) is 70.2 Å². The van der Waals surface area contributed by atoms with Crippen LogP contribution in [0.25, 0.3) is 0 Å². The van der Waals surface area contributed by atoms with Crippen LogP contribution >= 0.6 is 0 Å². The third-order valence-electron chi connectivity index (χ3n) is 6.32. The highest BCUT2D eigenvalue weighted by molar-refractivity contribution is 5.51. The standard InChI is InChI=1S/C34H15F13O/c1-2-3-4-17-11-29(41)32(30(42)12-17)34(46,47)48-20-15-25(37)22(26(38)16-20)8-5-18-9-23(35)21(24(36)10-18)7-6-19-13-27(39)31(28(40)14-19)33(43,44)45/h2,9-16H,1,3-4H2. The highest BCUT2D eigenvalue weighted by atomic mass is 19.4. The topological polar surface area (TPSA) is 9.23 Å². The predicted molar refractivity (Wildman–Crippen MR) is 145 cm³/mol. The molecule has 248 valence electrons. The van der Waals surface area contributed by atoms with E-state index in [1.54, 1.807) is 0 Å². The minimum atomic E-state index is -5.36. The molecule has 0 radical (unpaired) electrons. The Morgan fingerprint density at radius 2 is 0.938 bits per heavy atom. The van der Waals surface area contributed by atoms with E-state index in [-0.39, 0.29) is 36.2 Å². The zero-order chi connectivity index (χ0) is 35.6. The van der Waals surface area contributed by atoms with Gasteiger partial charge in [0.05, 0.1) is 11.1 Å². The summed E-state index contributed by atoms with van der Waals surface area (Å²) in [5, 5.41) is 0. The van der Waals surface area contributed by atoms with Crippen molar-refractivity contribution in [3.8, 4) is 29.4 Å². The van der Waals surface area contributed by atoms with Crippen molar-refractivity contribution in [3.05, 3.63) is 147 Å². The molecule has 0 bridgehead atoms. The van der Waals surface area contributed by atoms with Gasteiger partial charge in [0, 0.05) is 23.3 Å². The summed E-state index contributed by atoms with van der Waals surface area (Å²) in [5.41, 5.74) is -7.26. The largest absolute Gasteiger partial charge is 0.432 e. The summed E-state index contributed by atoms with van der Waals surface area (Å²) in [6.07, 6.45) is -8.26. The summed E-state index contributed by atoms with van der Waals surface area (Å²) >= 11 is 0. The van der Waals surface area contributed by atoms with E-state index in [0.717, 1.165) is 0 Å². The Morgan fingerprint density at radius 3 is 1.35 bits per heavy atom. The molecule has 14 heteroatoms. The Kier molecular flexibility index (Phi) is 10.2. The second kappa shape index (κ2) is 13.8. The molecule has 0 unspecified atom stereocenters. The molecular weight excluding hydrogens is 671 g/mol. The molecule has 0 heterocycles. The van der Waals surface area contributed by atoms with Gasteiger partial charge in [0.2, 0.25) is 0 Å². The van der Waals surface area contributed by atoms with Crippen LogP contribution in [0.2, 0.25) is 0 Å². The van der Waals surface area contributed by atoms with Gasteiger partial charge in [-0.3, -0.25) is 0 Å². The van der Waals surface area contributed by atoms with E-state index in [0.29, 0.717) is 30.7 Å². The van der Waals surface area contributed by atoms with E-state index >= 15 is 0 Å². The molecule has 0 saturated carbocycles. The lowest BCUT2D eigenvalue weighted by Gasteiger charge is -2.20. The van der Waals surface area contributed by atoms with Crippen molar-refractivity contribution >= 4 is 0 Å². The number of hydrogen-bond acceptors (Lipinski definition) is 1. The molecular formula is C34H15F13O. The van der Waals surface area contributed by atoms with Crippen LogP contribution in [0.3, 0.4) is 0 Å². The molecule has 0 fully saturated rings. The second-order valence-corrected chi connectivity index (χ2v) is 9.77. The fourth-order valence-corrected chi connectivity index (χ4v) is 4.19. The maximum absolute atomic E-state index is 14.7. The van der Waals surface area contributed by atoms with Crippen LogP contribution in [0.15, 0.2) is 61.2 Å². The molecule has 0 aromatic heterocycles. The summed E-state index contributed by atoms with van der Waals surface area (Å²) in [6, 6.07) is 3.21. The van der Waals surface area contributed by atoms with Gasteiger partial charge in [-0.1, -0.05) is 29.8 Å². The first-order valence-corrected chi connectivity index (χ1v) is 13.2. The second-order valence-electron chi connectivity index (χ2n) is 9.77. The summed E-state index contributed by atoms with van der Waals surface area (Å²) in [7, 11) is 0. The minimum absolute atomic E-state index is 0.0401. The number of ether oxygens (including phenoxy) is 1. The Bertz CT molecular complexity index is 1950. The first-order valence-electron chi connectivity index (χ1n) is 13.2. The van der Waals surface area contributed by atoms with Crippen LogP contribution in [0.1, 0.15) is 45.4 Å². The molecule has 0 spiro atoms. The summed E-state index contributed by atoms with van der Waals surface area (Å²) < 4.78 is 186. The molecule has 4 aromatic rings. The average Bonchev–Trinajstić information content (AvgIpc) is 2.93. The first kappa shape index (κ1) is 35.5. The van der Waals surface area contributed by atoms with E-state index in [1.807, 2.05) is 23.7 Å². The van der Waals surface area contributed by atoms with Gasteiger partial charge < -0.3 is 4.74 Å². The normalized spacial score (nSPS) is 11.4. The maximum atomic E-state index is 14.7. The Morgan fingerprint density at radius 1 is 0.542 bits per heavy atom. The van der Waals surface area contributed by atoms with E-state index in [1.165, 1.54) is 6.08 Å². The molecule has 0 aliphatic carbocycles. The first-order chi connectivity index (χ1) is 22.4. The van der Waals surface area contributed by atoms with Gasteiger partial charge in [0.25, 0.3) is 0 Å². The fraction of sp³-hybridized carbons (Fsp3) is 0.118. The van der Waals surface area contributed by atoms with Gasteiger partial charge in [-0.25, -0.2) is 35.1 Å². The Labute approximate surface area is 263 Å². The van der Waals surface area contributed by atoms with Crippen molar-refractivity contribution < 1.29 is 61.8 Å². The number of alkyl halides is 5. The van der Waals surface area contributed by atoms with Crippen molar-refractivity contribution in [2.24, 2.45) is 0 Å². The molecule has 0 aliphatic heterocycles. The van der Waals surface area contributed by atoms with Crippen molar-refractivity contribution in [1.82, 2.24) is 0 Å². The summed E-state index contributed by atoms with van der Waals surface area (Å²) in [5.74, 6) is -6.92. The number of benzene rings is 4. The third kappa shape index (κ3) is 7.94. The minimum Gasteiger partial charge on any atom is -0.429 e. The molecule has 48 heavy (non-hydrogen) atoms. The zero-order valence-corrected chi connectivity index (χ0v) is 23.6. The molecule has 4 aromatic carbocycles. The van der Waals surface area contributed by atoms with Crippen LogP contribution in [-0.2, 0) is 18.7 Å². The van der Waals surface area contributed by atoms with Crippen LogP contribution in [-0.4, -0.2) is 0 Å². The van der Waals surface area contributed by atoms with Crippen LogP contribution in [0.4, 0.5) is 57.1 Å². The Hall–Kier alpha value is -5.37. The molecule has 1 nitrogen and oxygen atoms in total. The number of halogens is 13. The molecule has 4 rings (SSSR count). The molecule has 0 N–H and O–H groups in total. The molecule has 0 saturated heterocycles.